The number of H-pyrrole nitrogens is 1. The number of hydrogen-bond acceptors (Lipinski definition) is 7. The van der Waals surface area contributed by atoms with Gasteiger partial charge >= 0.3 is 0 Å². The number of anilines is 3. The Labute approximate surface area is 221 Å². The third kappa shape index (κ3) is 5.63. The fraction of sp³-hybridized carbons (Fsp3) is 0.276. The smallest absolute Gasteiger partial charge is 0.299 e. The summed E-state index contributed by atoms with van der Waals surface area (Å²) < 4.78 is 6.08. The predicted octanol–water partition coefficient (Wildman–Crippen LogP) is 4.38. The number of likely N-dealkylation sites (N-methyl/N-ethyl adjacent to an activating group) is 1. The zero-order chi connectivity index (χ0) is 26.6. The average molecular weight is 513 g/mol. The summed E-state index contributed by atoms with van der Waals surface area (Å²) in [6.07, 6.45) is 5.79. The van der Waals surface area contributed by atoms with Gasteiger partial charge in [-0.2, -0.15) is 0 Å². The van der Waals surface area contributed by atoms with Crippen molar-refractivity contribution in [2.75, 3.05) is 43.4 Å². The van der Waals surface area contributed by atoms with Crippen LogP contribution in [0, 0.1) is 6.92 Å². The normalized spacial score (nSPS) is 13.5. The number of pyridine rings is 1. The number of aromatic nitrogens is 2. The summed E-state index contributed by atoms with van der Waals surface area (Å²) in [5, 5.41) is 3.15. The van der Waals surface area contributed by atoms with Gasteiger partial charge in [-0.15, -0.1) is 0 Å². The Hall–Kier alpha value is -4.37. The summed E-state index contributed by atoms with van der Waals surface area (Å²) in [6.45, 7) is 6.07. The number of carbonyl (C=O) groups excluding carboxylic acids is 1. The topological polar surface area (TPSA) is 120 Å². The Morgan fingerprint density at radius 1 is 1.16 bits per heavy atom. The molecule has 2 aromatic carbocycles. The van der Waals surface area contributed by atoms with Crippen LogP contribution < -0.4 is 21.5 Å². The molecule has 1 amide bonds. The summed E-state index contributed by atoms with van der Waals surface area (Å²) in [4.78, 5) is 36.1. The molecule has 1 aliphatic rings. The molecular weight excluding hydrogens is 480 g/mol. The van der Waals surface area contributed by atoms with Crippen molar-refractivity contribution in [2.45, 2.75) is 19.8 Å². The van der Waals surface area contributed by atoms with E-state index in [4.69, 9.17) is 10.2 Å². The maximum atomic E-state index is 12.6. The molecule has 0 aliphatic carbocycles. The lowest BCUT2D eigenvalue weighted by atomic mass is 10.0. The Morgan fingerprint density at radius 2 is 1.95 bits per heavy atom. The van der Waals surface area contributed by atoms with Gasteiger partial charge in [0, 0.05) is 54.4 Å². The van der Waals surface area contributed by atoms with Crippen molar-refractivity contribution < 1.29 is 9.21 Å². The number of nitrogens with one attached hydrogen (secondary N) is 2. The minimum Gasteiger partial charge on any atom is -0.423 e. The second kappa shape index (κ2) is 10.9. The molecule has 1 saturated heterocycles. The van der Waals surface area contributed by atoms with Crippen molar-refractivity contribution in [3.05, 3.63) is 82.4 Å². The predicted molar refractivity (Wildman–Crippen MR) is 150 cm³/mol. The number of nitrogens with zero attached hydrogens (tertiary/aromatic N) is 3. The minimum absolute atomic E-state index is 0.153. The summed E-state index contributed by atoms with van der Waals surface area (Å²) in [7, 11) is 2.07. The van der Waals surface area contributed by atoms with Crippen LogP contribution in [0.25, 0.3) is 22.5 Å². The number of carbonyl (C=O) groups is 1. The lowest BCUT2D eigenvalue weighted by Crippen LogP contribution is -2.31. The lowest BCUT2D eigenvalue weighted by Gasteiger charge is -2.24. The van der Waals surface area contributed by atoms with Crippen LogP contribution in [0.1, 0.15) is 28.8 Å². The van der Waals surface area contributed by atoms with Crippen LogP contribution in [0.4, 0.5) is 17.4 Å². The molecule has 4 N–H and O–H groups in total. The second-order valence-corrected chi connectivity index (χ2v) is 9.70. The van der Waals surface area contributed by atoms with E-state index in [-0.39, 0.29) is 11.6 Å². The number of oxazole rings is 1. The zero-order valence-corrected chi connectivity index (χ0v) is 21.7. The van der Waals surface area contributed by atoms with Gasteiger partial charge in [0.15, 0.2) is 5.76 Å². The number of hydrogen-bond donors (Lipinski definition) is 3. The highest BCUT2D eigenvalue weighted by atomic mass is 16.4. The second-order valence-electron chi connectivity index (χ2n) is 9.70. The van der Waals surface area contributed by atoms with Gasteiger partial charge in [0.1, 0.15) is 0 Å². The zero-order valence-electron chi connectivity index (χ0n) is 21.7. The SMILES string of the molecule is Cc1ccc(C(N)=O)cc1Nc1ncc(-c2cc(-c3ccc[nH]c3=O)cc(N(C)CCN3CCCC3)c2)o1. The molecule has 0 radical (unpaired) electrons. The van der Waals surface area contributed by atoms with Crippen molar-refractivity contribution in [1.29, 1.82) is 0 Å². The average Bonchev–Trinajstić information content (AvgIpc) is 3.61. The third-order valence-electron chi connectivity index (χ3n) is 6.99. The molecule has 0 spiro atoms. The standard InChI is InChI=1S/C29H32N6O3/c1-19-7-8-20(27(30)36)17-25(19)33-29-32-18-26(38-29)22-14-21(24-6-5-9-31-28(24)37)15-23(16-22)34(2)12-13-35-10-3-4-11-35/h5-9,14-18H,3-4,10-13H2,1-2H3,(H2,30,36)(H,31,37)(H,32,33). The van der Waals surface area contributed by atoms with Gasteiger partial charge in [-0.25, -0.2) is 4.98 Å². The van der Waals surface area contributed by atoms with E-state index in [1.807, 2.05) is 43.3 Å². The largest absolute Gasteiger partial charge is 0.423 e. The first-order valence-electron chi connectivity index (χ1n) is 12.8. The van der Waals surface area contributed by atoms with E-state index in [0.717, 1.165) is 48.6 Å². The quantitative estimate of drug-likeness (QED) is 0.304. The molecular formula is C29H32N6O3. The van der Waals surface area contributed by atoms with Crippen molar-refractivity contribution in [3.63, 3.8) is 0 Å². The van der Waals surface area contributed by atoms with E-state index in [0.29, 0.717) is 22.6 Å². The van der Waals surface area contributed by atoms with Gasteiger partial charge in [0.05, 0.1) is 6.20 Å². The van der Waals surface area contributed by atoms with Gasteiger partial charge in [-0.1, -0.05) is 6.07 Å². The maximum absolute atomic E-state index is 12.6. The monoisotopic (exact) mass is 512 g/mol. The van der Waals surface area contributed by atoms with Crippen LogP contribution in [-0.4, -0.2) is 54.0 Å². The van der Waals surface area contributed by atoms with E-state index in [1.54, 1.807) is 24.5 Å². The van der Waals surface area contributed by atoms with E-state index in [9.17, 15) is 9.59 Å². The number of primary amides is 1. The van der Waals surface area contributed by atoms with E-state index in [2.05, 4.69) is 32.1 Å². The molecule has 3 heterocycles. The first-order chi connectivity index (χ1) is 18.4. The van der Waals surface area contributed by atoms with Crippen LogP contribution in [0.5, 0.6) is 0 Å². The van der Waals surface area contributed by atoms with Crippen LogP contribution in [0.3, 0.4) is 0 Å². The Bertz CT molecular complexity index is 1500. The number of aromatic amines is 1. The highest BCUT2D eigenvalue weighted by molar-refractivity contribution is 5.94. The molecule has 0 atom stereocenters. The lowest BCUT2D eigenvalue weighted by molar-refractivity contribution is 0.100. The molecule has 1 fully saturated rings. The molecule has 9 nitrogen and oxygen atoms in total. The van der Waals surface area contributed by atoms with Crippen molar-refractivity contribution in [1.82, 2.24) is 14.9 Å². The number of nitrogens with two attached hydrogens (primary N) is 1. The number of rotatable bonds is 9. The highest BCUT2D eigenvalue weighted by Gasteiger charge is 2.16. The Morgan fingerprint density at radius 3 is 2.71 bits per heavy atom. The van der Waals surface area contributed by atoms with Gasteiger partial charge in [-0.3, -0.25) is 9.59 Å². The molecule has 0 saturated carbocycles. The first-order valence-corrected chi connectivity index (χ1v) is 12.8. The van der Waals surface area contributed by atoms with Gasteiger partial charge in [-0.05, 0) is 86.4 Å². The molecule has 9 heteroatoms. The Kier molecular flexibility index (Phi) is 7.28. The molecule has 1 aliphatic heterocycles. The number of likely N-dealkylation sites (tertiary alicyclic amines) is 1. The van der Waals surface area contributed by atoms with Crippen molar-refractivity contribution >= 4 is 23.3 Å². The summed E-state index contributed by atoms with van der Waals surface area (Å²) in [6, 6.07) is 15.1. The van der Waals surface area contributed by atoms with E-state index < -0.39 is 5.91 Å². The molecule has 196 valence electrons. The first kappa shape index (κ1) is 25.3. The fourth-order valence-electron chi connectivity index (χ4n) is 4.70. The molecule has 5 rings (SSSR count). The number of benzene rings is 2. The molecule has 0 unspecified atom stereocenters. The summed E-state index contributed by atoms with van der Waals surface area (Å²) in [5.74, 6) is 0.0508. The number of amides is 1. The van der Waals surface area contributed by atoms with Crippen LogP contribution in [-0.2, 0) is 0 Å². The fourth-order valence-corrected chi connectivity index (χ4v) is 4.70. The number of aryl methyl sites for hydroxylation is 1. The van der Waals surface area contributed by atoms with Gasteiger partial charge < -0.3 is 30.3 Å². The molecule has 38 heavy (non-hydrogen) atoms. The maximum Gasteiger partial charge on any atom is 0.299 e. The van der Waals surface area contributed by atoms with E-state index >= 15 is 0 Å². The van der Waals surface area contributed by atoms with Crippen LogP contribution in [0.15, 0.2) is 70.1 Å². The summed E-state index contributed by atoms with van der Waals surface area (Å²) >= 11 is 0. The highest BCUT2D eigenvalue weighted by Crippen LogP contribution is 2.33. The van der Waals surface area contributed by atoms with Crippen LogP contribution >= 0.6 is 0 Å². The molecule has 0 bridgehead atoms. The third-order valence-corrected chi connectivity index (χ3v) is 6.99. The minimum atomic E-state index is -0.504. The summed E-state index contributed by atoms with van der Waals surface area (Å²) in [5.41, 5.74) is 10.4. The molecule has 2 aromatic heterocycles. The van der Waals surface area contributed by atoms with Crippen LogP contribution in [0.2, 0.25) is 0 Å². The van der Waals surface area contributed by atoms with Gasteiger partial charge in [0.2, 0.25) is 5.91 Å². The van der Waals surface area contributed by atoms with Crippen molar-refractivity contribution in [2.24, 2.45) is 5.73 Å². The molecule has 4 aromatic rings. The van der Waals surface area contributed by atoms with Gasteiger partial charge in [0.25, 0.3) is 11.6 Å². The van der Waals surface area contributed by atoms with Crippen molar-refractivity contribution in [3.8, 4) is 22.5 Å². The van der Waals surface area contributed by atoms with E-state index in [1.165, 1.54) is 12.8 Å². The Balaban J connectivity index is 1.46.